The lowest BCUT2D eigenvalue weighted by Crippen LogP contribution is -2.45. The molecule has 0 aliphatic carbocycles. The number of hydrogen-bond donors (Lipinski definition) is 1. The maximum absolute atomic E-state index is 13.1. The zero-order valence-corrected chi connectivity index (χ0v) is 28.8. The van der Waals surface area contributed by atoms with Crippen LogP contribution in [0.25, 0.3) is 0 Å². The highest BCUT2D eigenvalue weighted by molar-refractivity contribution is 5.98. The third kappa shape index (κ3) is 14.9. The van der Waals surface area contributed by atoms with Crippen molar-refractivity contribution < 1.29 is 38.1 Å². The van der Waals surface area contributed by atoms with Gasteiger partial charge in [0.25, 0.3) is 0 Å². The smallest absolute Gasteiger partial charge is 0.437 e. The fraction of sp³-hybridized carbons (Fsp3) is 0.378. The molecule has 49 heavy (non-hydrogen) atoms. The van der Waals surface area contributed by atoms with Crippen molar-refractivity contribution in [1.82, 2.24) is 15.1 Å². The lowest BCUT2D eigenvalue weighted by molar-refractivity contribution is -0.155. The summed E-state index contributed by atoms with van der Waals surface area (Å²) in [6, 6.07) is 27.0. The van der Waals surface area contributed by atoms with E-state index in [1.165, 1.54) is 7.05 Å². The second kappa shape index (κ2) is 19.4. The van der Waals surface area contributed by atoms with Crippen molar-refractivity contribution in [2.24, 2.45) is 4.99 Å². The van der Waals surface area contributed by atoms with E-state index in [4.69, 9.17) is 18.9 Å². The summed E-state index contributed by atoms with van der Waals surface area (Å²) in [5.74, 6) is -0.478. The van der Waals surface area contributed by atoms with E-state index in [9.17, 15) is 19.2 Å². The lowest BCUT2D eigenvalue weighted by Gasteiger charge is -2.28. The quantitative estimate of drug-likeness (QED) is 0.0911. The van der Waals surface area contributed by atoms with Crippen molar-refractivity contribution in [1.29, 1.82) is 0 Å². The first-order valence-electron chi connectivity index (χ1n) is 16.0. The van der Waals surface area contributed by atoms with E-state index < -0.39 is 35.9 Å². The number of alkyl carbamates (subject to hydrolysis) is 1. The number of carbonyl (C=O) groups is 4. The number of rotatable bonds is 13. The third-order valence-corrected chi connectivity index (χ3v) is 6.93. The normalized spacial score (nSPS) is 11.9. The van der Waals surface area contributed by atoms with E-state index in [1.54, 1.807) is 32.7 Å². The highest BCUT2D eigenvalue weighted by Gasteiger charge is 2.25. The first-order chi connectivity index (χ1) is 23.4. The van der Waals surface area contributed by atoms with Crippen molar-refractivity contribution in [2.75, 3.05) is 20.6 Å². The summed E-state index contributed by atoms with van der Waals surface area (Å²) in [5, 5.41) is 2.78. The maximum atomic E-state index is 13.1. The maximum Gasteiger partial charge on any atom is 0.437 e. The Balaban J connectivity index is 1.68. The van der Waals surface area contributed by atoms with Crippen LogP contribution in [0.1, 0.15) is 56.7 Å². The highest BCUT2D eigenvalue weighted by Crippen LogP contribution is 2.13. The molecule has 0 bridgehead atoms. The average molecular weight is 675 g/mol. The van der Waals surface area contributed by atoms with Gasteiger partial charge in [0.15, 0.2) is 0 Å². The van der Waals surface area contributed by atoms with Crippen molar-refractivity contribution in [3.05, 3.63) is 108 Å². The first kappa shape index (κ1) is 38.1. The second-order valence-corrected chi connectivity index (χ2v) is 12.3. The molecule has 0 saturated carbocycles. The number of benzene rings is 3. The van der Waals surface area contributed by atoms with Gasteiger partial charge in [-0.1, -0.05) is 91.0 Å². The number of guanidine groups is 1. The Morgan fingerprint density at radius 2 is 1.22 bits per heavy atom. The monoisotopic (exact) mass is 674 g/mol. The Kier molecular flexibility index (Phi) is 15.1. The molecule has 0 heterocycles. The molecule has 1 atom stereocenters. The van der Waals surface area contributed by atoms with Crippen LogP contribution in [-0.4, -0.2) is 72.3 Å². The summed E-state index contributed by atoms with van der Waals surface area (Å²) in [5.41, 5.74) is 1.70. The number of aliphatic imine (C=N–C) groups is 1. The van der Waals surface area contributed by atoms with E-state index >= 15 is 0 Å². The van der Waals surface area contributed by atoms with Crippen LogP contribution in [0.15, 0.2) is 96.0 Å². The van der Waals surface area contributed by atoms with Gasteiger partial charge in [-0.25, -0.2) is 14.4 Å². The molecule has 3 amide bonds. The molecule has 3 aromatic carbocycles. The molecule has 12 nitrogen and oxygen atoms in total. The van der Waals surface area contributed by atoms with Crippen molar-refractivity contribution in [2.45, 2.75) is 71.5 Å². The topological polar surface area (TPSA) is 136 Å². The minimum Gasteiger partial charge on any atom is -0.460 e. The van der Waals surface area contributed by atoms with E-state index in [-0.39, 0.29) is 38.7 Å². The number of ether oxygens (including phenoxy) is 4. The molecule has 0 aliphatic rings. The van der Waals surface area contributed by atoms with Gasteiger partial charge in [0.2, 0.25) is 5.96 Å². The van der Waals surface area contributed by atoms with Crippen LogP contribution in [0.3, 0.4) is 0 Å². The van der Waals surface area contributed by atoms with Crippen LogP contribution in [-0.2, 0) is 43.6 Å². The molecule has 0 radical (unpaired) electrons. The molecule has 0 aromatic heterocycles. The average Bonchev–Trinajstić information content (AvgIpc) is 3.07. The fourth-order valence-corrected chi connectivity index (χ4v) is 4.56. The van der Waals surface area contributed by atoms with E-state index in [1.807, 2.05) is 91.0 Å². The minimum absolute atomic E-state index is 0.000717. The number of hydrogen-bond acceptors (Lipinski definition) is 8. The van der Waals surface area contributed by atoms with Crippen LogP contribution < -0.4 is 5.32 Å². The second-order valence-electron chi connectivity index (χ2n) is 12.3. The van der Waals surface area contributed by atoms with Gasteiger partial charge < -0.3 is 29.2 Å². The summed E-state index contributed by atoms with van der Waals surface area (Å²) in [4.78, 5) is 58.1. The molecule has 0 fully saturated rings. The van der Waals surface area contributed by atoms with Crippen molar-refractivity contribution in [3.63, 3.8) is 0 Å². The van der Waals surface area contributed by atoms with Gasteiger partial charge in [-0.15, -0.1) is 4.99 Å². The van der Waals surface area contributed by atoms with Gasteiger partial charge in [-0.05, 0) is 50.3 Å². The standard InChI is InChI=1S/C37H46N4O8/c1-37(2,3)49-32(42)24-31(38-34(43)46-25-28-16-9-6-10-17-28)22-15-23-40(4)33(39-35(44)47-26-29-18-11-7-12-19-29)41(5)36(45)48-27-30-20-13-8-14-21-30/h6-14,16-21,31H,15,22-27H2,1-5H3,(H,38,43)/b39-33-/t31-/m0/s1. The molecule has 262 valence electrons. The van der Waals surface area contributed by atoms with Crippen LogP contribution in [0.5, 0.6) is 0 Å². The first-order valence-corrected chi connectivity index (χ1v) is 16.0. The molecule has 0 saturated heterocycles. The Morgan fingerprint density at radius 1 is 0.735 bits per heavy atom. The Labute approximate surface area is 288 Å². The summed E-state index contributed by atoms with van der Waals surface area (Å²) in [6.45, 7) is 5.68. The van der Waals surface area contributed by atoms with Crippen LogP contribution >= 0.6 is 0 Å². The highest BCUT2D eigenvalue weighted by atomic mass is 16.6. The van der Waals surface area contributed by atoms with Crippen LogP contribution in [0.4, 0.5) is 14.4 Å². The molecule has 0 aliphatic heterocycles. The van der Waals surface area contributed by atoms with Gasteiger partial charge >= 0.3 is 24.2 Å². The zero-order valence-electron chi connectivity index (χ0n) is 28.8. The zero-order chi connectivity index (χ0) is 35.6. The predicted octanol–water partition coefficient (Wildman–Crippen LogP) is 6.69. The third-order valence-electron chi connectivity index (χ3n) is 6.93. The molecule has 3 aromatic rings. The Hall–Kier alpha value is -5.39. The fourth-order valence-electron chi connectivity index (χ4n) is 4.56. The summed E-state index contributed by atoms with van der Waals surface area (Å²) in [6.07, 6.45) is -1.60. The van der Waals surface area contributed by atoms with Gasteiger partial charge in [0.1, 0.15) is 25.4 Å². The SMILES string of the molecule is CN(CCC[C@@H](CC(=O)OC(C)(C)C)NC(=O)OCc1ccccc1)/C(=N/C(=O)OCc1ccccc1)N(C)C(=O)OCc1ccccc1. The van der Waals surface area contributed by atoms with Crippen molar-refractivity contribution >= 4 is 30.2 Å². The van der Waals surface area contributed by atoms with Crippen LogP contribution in [0.2, 0.25) is 0 Å². The molecule has 0 unspecified atom stereocenters. The van der Waals surface area contributed by atoms with E-state index in [0.29, 0.717) is 12.8 Å². The van der Waals surface area contributed by atoms with Gasteiger partial charge in [-0.3, -0.25) is 9.69 Å². The molecule has 1 N–H and O–H groups in total. The number of nitrogens with one attached hydrogen (secondary N) is 1. The minimum atomic E-state index is -0.890. The molecular formula is C37H46N4O8. The number of amides is 3. The van der Waals surface area contributed by atoms with Gasteiger partial charge in [-0.2, -0.15) is 0 Å². The Morgan fingerprint density at radius 3 is 1.73 bits per heavy atom. The van der Waals surface area contributed by atoms with E-state index in [0.717, 1.165) is 21.6 Å². The number of carbonyl (C=O) groups excluding carboxylic acids is 4. The number of esters is 1. The van der Waals surface area contributed by atoms with E-state index in [2.05, 4.69) is 10.3 Å². The predicted molar refractivity (Wildman–Crippen MR) is 184 cm³/mol. The van der Waals surface area contributed by atoms with Gasteiger partial charge in [0, 0.05) is 26.7 Å². The lowest BCUT2D eigenvalue weighted by atomic mass is 10.1. The summed E-state index contributed by atoms with van der Waals surface area (Å²) in [7, 11) is 3.11. The van der Waals surface area contributed by atoms with Crippen LogP contribution in [0, 0.1) is 0 Å². The summed E-state index contributed by atoms with van der Waals surface area (Å²) < 4.78 is 21.7. The van der Waals surface area contributed by atoms with Crippen molar-refractivity contribution in [3.8, 4) is 0 Å². The summed E-state index contributed by atoms with van der Waals surface area (Å²) >= 11 is 0. The molecule has 12 heteroatoms. The molecular weight excluding hydrogens is 628 g/mol. The molecule has 3 rings (SSSR count). The Bertz CT molecular complexity index is 1510. The number of nitrogens with zero attached hydrogens (tertiary/aromatic N) is 3. The molecule has 0 spiro atoms. The largest absolute Gasteiger partial charge is 0.460 e. The van der Waals surface area contributed by atoms with Gasteiger partial charge in [0.05, 0.1) is 6.42 Å².